The van der Waals surface area contributed by atoms with E-state index >= 15 is 0 Å². The third-order valence-electron chi connectivity index (χ3n) is 8.49. The number of alkyl halides is 5. The number of hydrogen-bond donors (Lipinski definition) is 3. The van der Waals surface area contributed by atoms with Gasteiger partial charge in [0.2, 0.25) is 0 Å². The topological polar surface area (TPSA) is 77.8 Å². The Hall–Kier alpha value is -2.10. The zero-order valence-corrected chi connectivity index (χ0v) is 21.1. The number of aliphatic hydroxyl groups excluding tert-OH is 3. The third kappa shape index (κ3) is 5.99. The second-order valence-electron chi connectivity index (χ2n) is 10.4. The van der Waals surface area contributed by atoms with Crippen LogP contribution in [0.5, 0.6) is 0 Å². The van der Waals surface area contributed by atoms with Crippen molar-refractivity contribution in [3.05, 3.63) is 58.2 Å². The van der Waals surface area contributed by atoms with E-state index in [-0.39, 0.29) is 23.9 Å². The van der Waals surface area contributed by atoms with Gasteiger partial charge in [-0.3, -0.25) is 4.79 Å². The molecule has 0 saturated heterocycles. The molecule has 5 rings (SSSR count). The van der Waals surface area contributed by atoms with Crippen LogP contribution in [0.4, 0.5) is 22.0 Å². The Kier molecular flexibility index (Phi) is 9.35. The average molecular weight is 531 g/mol. The van der Waals surface area contributed by atoms with E-state index in [0.29, 0.717) is 24.2 Å². The van der Waals surface area contributed by atoms with Gasteiger partial charge in [0.25, 0.3) is 0 Å². The molecule has 5 atom stereocenters. The summed E-state index contributed by atoms with van der Waals surface area (Å²) < 4.78 is 52.1. The Labute approximate surface area is 213 Å². The number of benzene rings is 1. The van der Waals surface area contributed by atoms with Gasteiger partial charge in [-0.05, 0) is 84.1 Å². The number of carbonyl (C=O) groups is 1. The monoisotopic (exact) mass is 530 g/mol. The molecule has 4 aliphatic carbocycles. The third-order valence-corrected chi connectivity index (χ3v) is 8.49. The van der Waals surface area contributed by atoms with E-state index in [9.17, 15) is 37.0 Å². The van der Waals surface area contributed by atoms with Crippen molar-refractivity contribution in [2.24, 2.45) is 17.3 Å². The van der Waals surface area contributed by atoms with Crippen molar-refractivity contribution >= 4 is 5.78 Å². The molecule has 0 aromatic heterocycles. The fourth-order valence-electron chi connectivity index (χ4n) is 6.79. The fraction of sp³-hybridized carbons (Fsp3) is 0.607. The zero-order chi connectivity index (χ0) is 27.5. The van der Waals surface area contributed by atoms with Gasteiger partial charge in [-0.15, -0.1) is 0 Å². The summed E-state index contributed by atoms with van der Waals surface area (Å²) in [5.41, 5.74) is 6.50. The summed E-state index contributed by atoms with van der Waals surface area (Å²) in [6, 6.07) is 8.38. The molecule has 0 radical (unpaired) electrons. The van der Waals surface area contributed by atoms with Crippen LogP contribution < -0.4 is 0 Å². The van der Waals surface area contributed by atoms with Crippen LogP contribution in [0.1, 0.15) is 68.9 Å². The summed E-state index contributed by atoms with van der Waals surface area (Å²) in [5, 5.41) is 27.3. The largest absolute Gasteiger partial charge is 0.450 e. The van der Waals surface area contributed by atoms with Crippen LogP contribution >= 0.6 is 0 Å². The number of allylic oxidation sites excluding steroid dienone is 4. The Balaban J connectivity index is 0.000000369. The van der Waals surface area contributed by atoms with Crippen LogP contribution in [0.25, 0.3) is 0 Å². The van der Waals surface area contributed by atoms with E-state index < -0.39 is 12.6 Å². The first-order chi connectivity index (χ1) is 17.5. The SMILES string of the molecule is CC12CC(c3ccc(CO)cc3)C3=C4CCC(=O)C=C4CCC3C1CCC2O.CO.FC(F)C(F)(F)F. The molecule has 1 aromatic rings. The highest BCUT2D eigenvalue weighted by molar-refractivity contribution is 5.93. The number of hydrogen-bond acceptors (Lipinski definition) is 4. The molecule has 0 heterocycles. The van der Waals surface area contributed by atoms with Gasteiger partial charge in [0.15, 0.2) is 5.78 Å². The van der Waals surface area contributed by atoms with Crippen molar-refractivity contribution in [1.82, 2.24) is 0 Å². The lowest BCUT2D eigenvalue weighted by molar-refractivity contribution is -0.219. The second kappa shape index (κ2) is 11.7. The molecule has 37 heavy (non-hydrogen) atoms. The van der Waals surface area contributed by atoms with Gasteiger partial charge >= 0.3 is 12.6 Å². The quantitative estimate of drug-likeness (QED) is 0.419. The molecule has 0 aliphatic heterocycles. The lowest BCUT2D eigenvalue weighted by Gasteiger charge is -2.52. The molecule has 5 unspecified atom stereocenters. The number of fused-ring (bicyclic) bond motifs is 4. The Morgan fingerprint density at radius 3 is 2.22 bits per heavy atom. The molecule has 0 amide bonds. The van der Waals surface area contributed by atoms with Gasteiger partial charge in [-0.25, -0.2) is 8.78 Å². The van der Waals surface area contributed by atoms with Crippen molar-refractivity contribution in [2.45, 2.75) is 83.1 Å². The fourth-order valence-corrected chi connectivity index (χ4v) is 6.79. The maximum absolute atomic E-state index is 12.0. The number of rotatable bonds is 2. The predicted octanol–water partition coefficient (Wildman–Crippen LogP) is 5.86. The predicted molar refractivity (Wildman–Crippen MR) is 129 cm³/mol. The minimum atomic E-state index is -5.33. The highest BCUT2D eigenvalue weighted by Gasteiger charge is 2.56. The summed E-state index contributed by atoms with van der Waals surface area (Å²) in [6.07, 6.45) is -1.20. The summed E-state index contributed by atoms with van der Waals surface area (Å²) >= 11 is 0. The molecule has 0 bridgehead atoms. The molecular formula is C28H35F5O4. The summed E-state index contributed by atoms with van der Waals surface area (Å²) in [4.78, 5) is 12.0. The van der Waals surface area contributed by atoms with Crippen molar-refractivity contribution in [2.75, 3.05) is 7.11 Å². The van der Waals surface area contributed by atoms with Crippen molar-refractivity contribution in [3.63, 3.8) is 0 Å². The van der Waals surface area contributed by atoms with E-state index in [0.717, 1.165) is 51.2 Å². The van der Waals surface area contributed by atoms with Crippen molar-refractivity contribution < 1.29 is 42.1 Å². The molecule has 2 fully saturated rings. The zero-order valence-electron chi connectivity index (χ0n) is 21.1. The van der Waals surface area contributed by atoms with Gasteiger partial charge < -0.3 is 15.3 Å². The van der Waals surface area contributed by atoms with E-state index in [1.807, 2.05) is 18.2 Å². The van der Waals surface area contributed by atoms with Crippen molar-refractivity contribution in [1.29, 1.82) is 0 Å². The summed E-state index contributed by atoms with van der Waals surface area (Å²) in [7, 11) is 1.00. The molecule has 3 N–H and O–H groups in total. The Bertz CT molecular complexity index is 1010. The number of carbonyl (C=O) groups excluding carboxylic acids is 1. The Morgan fingerprint density at radius 1 is 1.03 bits per heavy atom. The van der Waals surface area contributed by atoms with E-state index in [1.165, 1.54) is 16.7 Å². The maximum atomic E-state index is 12.0. The molecule has 4 aliphatic rings. The smallest absolute Gasteiger partial charge is 0.400 e. The van der Waals surface area contributed by atoms with Crippen LogP contribution in [-0.2, 0) is 11.4 Å². The van der Waals surface area contributed by atoms with Gasteiger partial charge in [-0.1, -0.05) is 36.8 Å². The molecular weight excluding hydrogens is 495 g/mol. The highest BCUT2D eigenvalue weighted by atomic mass is 19.4. The number of ketones is 1. The highest BCUT2D eigenvalue weighted by Crippen LogP contribution is 2.63. The number of halogens is 5. The molecule has 1 aromatic carbocycles. The van der Waals surface area contributed by atoms with Crippen LogP contribution in [-0.4, -0.2) is 46.9 Å². The molecule has 2 saturated carbocycles. The van der Waals surface area contributed by atoms with Crippen molar-refractivity contribution in [3.8, 4) is 0 Å². The minimum Gasteiger partial charge on any atom is -0.400 e. The van der Waals surface area contributed by atoms with Crippen LogP contribution in [0.3, 0.4) is 0 Å². The van der Waals surface area contributed by atoms with E-state index in [2.05, 4.69) is 19.1 Å². The van der Waals surface area contributed by atoms with Crippen LogP contribution in [0.15, 0.2) is 47.1 Å². The minimum absolute atomic E-state index is 0.0270. The molecule has 9 heteroatoms. The first kappa shape index (κ1) is 29.5. The first-order valence-corrected chi connectivity index (χ1v) is 12.6. The molecule has 4 nitrogen and oxygen atoms in total. The van der Waals surface area contributed by atoms with E-state index in [1.54, 1.807) is 5.57 Å². The van der Waals surface area contributed by atoms with E-state index in [4.69, 9.17) is 5.11 Å². The molecule has 0 spiro atoms. The average Bonchev–Trinajstić information content (AvgIpc) is 3.18. The van der Waals surface area contributed by atoms with Gasteiger partial charge in [0.1, 0.15) is 0 Å². The number of aliphatic hydroxyl groups is 3. The normalized spacial score (nSPS) is 30.8. The van der Waals surface area contributed by atoms with Crippen LogP contribution in [0, 0.1) is 17.3 Å². The lowest BCUT2D eigenvalue weighted by Crippen LogP contribution is -2.45. The summed E-state index contributed by atoms with van der Waals surface area (Å²) in [6.45, 7) is 2.37. The van der Waals surface area contributed by atoms with Crippen LogP contribution in [0.2, 0.25) is 0 Å². The first-order valence-electron chi connectivity index (χ1n) is 12.6. The van der Waals surface area contributed by atoms with Gasteiger partial charge in [0.05, 0.1) is 12.7 Å². The second-order valence-corrected chi connectivity index (χ2v) is 10.4. The van der Waals surface area contributed by atoms with Gasteiger partial charge in [0, 0.05) is 19.4 Å². The Morgan fingerprint density at radius 2 is 1.65 bits per heavy atom. The maximum Gasteiger partial charge on any atom is 0.450 e. The summed E-state index contributed by atoms with van der Waals surface area (Å²) in [5.74, 6) is 1.66. The standard InChI is InChI=1S/C25H30O3.C2HF5.CH4O/c1-25-13-21(16-4-2-15(14-26)3-5-16)24-19-9-7-18(27)12-17(19)6-8-20(24)22(25)10-11-23(25)28;3-1(4)2(5,6)7;1-2/h2-5,12,20-23,26,28H,6-11,13-14H2,1H3;1H;2H,1H3. The lowest BCUT2D eigenvalue weighted by atomic mass is 9.53. The molecule has 206 valence electrons. The van der Waals surface area contributed by atoms with Gasteiger partial charge in [-0.2, -0.15) is 13.2 Å².